The number of aliphatic hydroxyl groups excluding tert-OH is 1. The van der Waals surface area contributed by atoms with Crippen LogP contribution in [-0.4, -0.2) is 41.5 Å². The number of carbonyl (C=O) groups is 1. The third-order valence-corrected chi connectivity index (χ3v) is 3.91. The summed E-state index contributed by atoms with van der Waals surface area (Å²) in [5.74, 6) is -2.22. The quantitative estimate of drug-likeness (QED) is 0.862. The average molecular weight is 283 g/mol. The van der Waals surface area contributed by atoms with Gasteiger partial charge in [0.05, 0.1) is 11.7 Å². The Hall–Kier alpha value is -1.33. The van der Waals surface area contributed by atoms with Crippen LogP contribution in [0.1, 0.15) is 30.1 Å². The van der Waals surface area contributed by atoms with Crippen molar-refractivity contribution in [3.05, 3.63) is 35.4 Å². The maximum Gasteiger partial charge on any atom is 0.169 e. The summed E-state index contributed by atoms with van der Waals surface area (Å²) in [5, 5.41) is 9.77. The lowest BCUT2D eigenvalue weighted by Crippen LogP contribution is -2.43. The molecule has 110 valence electrons. The Morgan fingerprint density at radius 3 is 2.90 bits per heavy atom. The molecule has 20 heavy (non-hydrogen) atoms. The first kappa shape index (κ1) is 15.1. The van der Waals surface area contributed by atoms with E-state index in [0.29, 0.717) is 13.1 Å². The Labute approximate surface area is 117 Å². The number of ketones is 1. The highest BCUT2D eigenvalue weighted by Crippen LogP contribution is 2.18. The highest BCUT2D eigenvalue weighted by Gasteiger charge is 2.24. The Bertz CT molecular complexity index is 493. The van der Waals surface area contributed by atoms with Crippen molar-refractivity contribution in [1.29, 1.82) is 0 Å². The van der Waals surface area contributed by atoms with Crippen LogP contribution >= 0.6 is 0 Å². The summed E-state index contributed by atoms with van der Waals surface area (Å²) in [7, 11) is 0. The molecule has 0 aliphatic carbocycles. The number of piperidine rings is 1. The van der Waals surface area contributed by atoms with Crippen molar-refractivity contribution >= 4 is 5.78 Å². The Kier molecular flexibility index (Phi) is 4.83. The highest BCUT2D eigenvalue weighted by molar-refractivity contribution is 5.96. The van der Waals surface area contributed by atoms with Gasteiger partial charge in [0.2, 0.25) is 0 Å². The van der Waals surface area contributed by atoms with Crippen LogP contribution in [0.3, 0.4) is 0 Å². The maximum absolute atomic E-state index is 13.5. The van der Waals surface area contributed by atoms with Crippen LogP contribution in [0.2, 0.25) is 0 Å². The second-order valence-electron chi connectivity index (χ2n) is 5.41. The fourth-order valence-corrected chi connectivity index (χ4v) is 2.43. The van der Waals surface area contributed by atoms with Crippen LogP contribution in [0.4, 0.5) is 8.78 Å². The highest BCUT2D eigenvalue weighted by atomic mass is 19.2. The minimum absolute atomic E-state index is 0.126. The van der Waals surface area contributed by atoms with Crippen molar-refractivity contribution in [3.8, 4) is 0 Å². The van der Waals surface area contributed by atoms with Gasteiger partial charge in [-0.3, -0.25) is 4.79 Å². The first-order chi connectivity index (χ1) is 9.49. The molecule has 1 aliphatic heterocycles. The monoisotopic (exact) mass is 283 g/mol. The maximum atomic E-state index is 13.5. The fourth-order valence-electron chi connectivity index (χ4n) is 2.43. The Balaban J connectivity index is 1.91. The summed E-state index contributed by atoms with van der Waals surface area (Å²) in [6.45, 7) is 3.80. The lowest BCUT2D eigenvalue weighted by Gasteiger charge is -2.34. The van der Waals surface area contributed by atoms with Gasteiger partial charge < -0.3 is 10.0 Å². The summed E-state index contributed by atoms with van der Waals surface area (Å²) in [6.07, 6.45) is 0.621. The zero-order valence-electron chi connectivity index (χ0n) is 11.5. The number of β-amino-alcohol motifs (C(OH)–C–C–N with tert-alkyl or cyclic N) is 1. The van der Waals surface area contributed by atoms with Crippen LogP contribution < -0.4 is 0 Å². The largest absolute Gasteiger partial charge is 0.392 e. The molecular weight excluding hydrogens is 264 g/mol. The number of hydrogen-bond acceptors (Lipinski definition) is 3. The molecule has 1 saturated heterocycles. The van der Waals surface area contributed by atoms with E-state index in [0.717, 1.165) is 19.0 Å². The molecule has 3 nitrogen and oxygen atoms in total. The van der Waals surface area contributed by atoms with Crippen molar-refractivity contribution in [2.45, 2.75) is 25.9 Å². The van der Waals surface area contributed by atoms with E-state index in [-0.39, 0.29) is 24.0 Å². The molecule has 0 saturated carbocycles. The number of aliphatic hydroxyl groups is 1. The molecule has 1 heterocycles. The molecule has 0 spiro atoms. The van der Waals surface area contributed by atoms with Gasteiger partial charge in [-0.2, -0.15) is 0 Å². The predicted molar refractivity (Wildman–Crippen MR) is 71.5 cm³/mol. The van der Waals surface area contributed by atoms with Crippen LogP contribution in [0.25, 0.3) is 0 Å². The predicted octanol–water partition coefficient (Wildman–Crippen LogP) is 2.24. The number of nitrogens with zero attached hydrogens (tertiary/aromatic N) is 1. The lowest BCUT2D eigenvalue weighted by molar-refractivity contribution is 0.0287. The molecule has 1 fully saturated rings. The molecule has 2 atom stereocenters. The number of Topliss-reactive ketones (excluding diaryl/α,β-unsaturated/α-hetero) is 1. The van der Waals surface area contributed by atoms with Gasteiger partial charge in [0.15, 0.2) is 17.4 Å². The van der Waals surface area contributed by atoms with E-state index in [1.54, 1.807) is 0 Å². The molecule has 0 bridgehead atoms. The number of halogens is 2. The average Bonchev–Trinajstić information content (AvgIpc) is 2.43. The zero-order chi connectivity index (χ0) is 14.7. The SMILES string of the molecule is CC1CCN(CCC(=O)c2cccc(F)c2F)CC1O. The Morgan fingerprint density at radius 2 is 2.20 bits per heavy atom. The van der Waals surface area contributed by atoms with E-state index < -0.39 is 17.4 Å². The first-order valence-electron chi connectivity index (χ1n) is 6.86. The zero-order valence-corrected chi connectivity index (χ0v) is 11.5. The fraction of sp³-hybridized carbons (Fsp3) is 0.533. The normalized spacial score (nSPS) is 23.8. The van der Waals surface area contributed by atoms with Crippen molar-refractivity contribution in [3.63, 3.8) is 0 Å². The van der Waals surface area contributed by atoms with Crippen molar-refractivity contribution in [2.24, 2.45) is 5.92 Å². The summed E-state index contributed by atoms with van der Waals surface area (Å²) < 4.78 is 26.5. The van der Waals surface area contributed by atoms with Crippen molar-refractivity contribution in [2.75, 3.05) is 19.6 Å². The van der Waals surface area contributed by atoms with Crippen molar-refractivity contribution in [1.82, 2.24) is 4.90 Å². The molecule has 2 unspecified atom stereocenters. The number of hydrogen-bond donors (Lipinski definition) is 1. The van der Waals surface area contributed by atoms with Gasteiger partial charge in [0, 0.05) is 19.5 Å². The second-order valence-corrected chi connectivity index (χ2v) is 5.41. The molecule has 2 rings (SSSR count). The minimum Gasteiger partial charge on any atom is -0.392 e. The third-order valence-electron chi connectivity index (χ3n) is 3.91. The van der Waals surface area contributed by atoms with E-state index in [2.05, 4.69) is 0 Å². The van der Waals surface area contributed by atoms with Gasteiger partial charge in [0.25, 0.3) is 0 Å². The molecule has 1 aromatic rings. The summed E-state index contributed by atoms with van der Waals surface area (Å²) in [4.78, 5) is 13.9. The third kappa shape index (κ3) is 3.41. The van der Waals surface area contributed by atoms with Crippen LogP contribution in [0.15, 0.2) is 18.2 Å². The van der Waals surface area contributed by atoms with Gasteiger partial charge in [-0.1, -0.05) is 13.0 Å². The summed E-state index contributed by atoms with van der Waals surface area (Å²) in [6, 6.07) is 3.63. The molecule has 5 heteroatoms. The van der Waals surface area contributed by atoms with Gasteiger partial charge in [0.1, 0.15) is 0 Å². The summed E-state index contributed by atoms with van der Waals surface area (Å²) in [5.41, 5.74) is -0.198. The topological polar surface area (TPSA) is 40.5 Å². The van der Waals surface area contributed by atoms with E-state index in [4.69, 9.17) is 0 Å². The van der Waals surface area contributed by atoms with Crippen LogP contribution in [0, 0.1) is 17.6 Å². The number of rotatable bonds is 4. The minimum atomic E-state index is -1.08. The van der Waals surface area contributed by atoms with Gasteiger partial charge in [-0.25, -0.2) is 8.78 Å². The van der Waals surface area contributed by atoms with Crippen LogP contribution in [0.5, 0.6) is 0 Å². The summed E-state index contributed by atoms with van der Waals surface area (Å²) >= 11 is 0. The molecule has 0 radical (unpaired) electrons. The van der Waals surface area contributed by atoms with Gasteiger partial charge in [-0.15, -0.1) is 0 Å². The molecule has 1 aliphatic rings. The first-order valence-corrected chi connectivity index (χ1v) is 6.86. The molecule has 0 amide bonds. The smallest absolute Gasteiger partial charge is 0.169 e. The van der Waals surface area contributed by atoms with E-state index in [9.17, 15) is 18.7 Å². The van der Waals surface area contributed by atoms with Crippen molar-refractivity contribution < 1.29 is 18.7 Å². The molecule has 1 aromatic carbocycles. The second kappa shape index (κ2) is 6.41. The van der Waals surface area contributed by atoms with E-state index in [1.807, 2.05) is 11.8 Å². The molecular formula is C15H19F2NO2. The molecule has 1 N–H and O–H groups in total. The number of benzene rings is 1. The van der Waals surface area contributed by atoms with E-state index in [1.165, 1.54) is 12.1 Å². The standard InChI is InChI=1S/C15H19F2NO2/c1-10-5-7-18(9-14(10)20)8-6-13(19)11-3-2-4-12(16)15(11)17/h2-4,10,14,20H,5-9H2,1H3. The van der Waals surface area contributed by atoms with Crippen LogP contribution in [-0.2, 0) is 0 Å². The lowest BCUT2D eigenvalue weighted by atomic mass is 9.96. The molecule has 0 aromatic heterocycles. The van der Waals surface area contributed by atoms with Gasteiger partial charge >= 0.3 is 0 Å². The van der Waals surface area contributed by atoms with E-state index >= 15 is 0 Å². The van der Waals surface area contributed by atoms with Gasteiger partial charge in [-0.05, 0) is 31.0 Å². The number of likely N-dealkylation sites (tertiary alicyclic amines) is 1. The number of carbonyl (C=O) groups excluding carboxylic acids is 1. The Morgan fingerprint density at radius 1 is 1.45 bits per heavy atom.